The molecule has 254 valence electrons. The van der Waals surface area contributed by atoms with Crippen molar-refractivity contribution in [3.05, 3.63) is 58.9 Å². The van der Waals surface area contributed by atoms with E-state index >= 15 is 0 Å². The van der Waals surface area contributed by atoms with Gasteiger partial charge in [-0.3, -0.25) is 9.69 Å². The van der Waals surface area contributed by atoms with Crippen LogP contribution in [0.25, 0.3) is 0 Å². The van der Waals surface area contributed by atoms with Crippen LogP contribution < -0.4 is 4.74 Å². The predicted molar refractivity (Wildman–Crippen MR) is 181 cm³/mol. The van der Waals surface area contributed by atoms with Crippen molar-refractivity contribution in [3.8, 4) is 5.75 Å². The van der Waals surface area contributed by atoms with Crippen molar-refractivity contribution in [3.63, 3.8) is 0 Å². The number of likely N-dealkylation sites (tertiary alicyclic amines) is 1. The quantitative estimate of drug-likeness (QED) is 0.283. The van der Waals surface area contributed by atoms with Gasteiger partial charge in [-0.15, -0.1) is 0 Å². The Morgan fingerprint density at radius 1 is 0.891 bits per heavy atom. The van der Waals surface area contributed by atoms with Gasteiger partial charge in [0.2, 0.25) is 15.9 Å². The summed E-state index contributed by atoms with van der Waals surface area (Å²) in [6.07, 6.45) is 12.7. The summed E-state index contributed by atoms with van der Waals surface area (Å²) in [6, 6.07) is 10.7. The van der Waals surface area contributed by atoms with Gasteiger partial charge in [0.1, 0.15) is 11.6 Å². The smallest absolute Gasteiger partial charge is 0.243 e. The Labute approximate surface area is 276 Å². The summed E-state index contributed by atoms with van der Waals surface area (Å²) in [6.45, 7) is 7.83. The number of ether oxygens (including phenoxy) is 1. The molecule has 0 radical (unpaired) electrons. The summed E-state index contributed by atoms with van der Waals surface area (Å²) in [5.74, 6) is 0.684. The number of benzene rings is 2. The fourth-order valence-electron chi connectivity index (χ4n) is 8.42. The van der Waals surface area contributed by atoms with Crippen molar-refractivity contribution < 1.29 is 22.3 Å². The molecule has 0 aliphatic carbocycles. The molecule has 2 aromatic carbocycles. The van der Waals surface area contributed by atoms with E-state index < -0.39 is 10.0 Å². The molecule has 0 aromatic heterocycles. The summed E-state index contributed by atoms with van der Waals surface area (Å²) in [5.41, 5.74) is 2.39. The topological polar surface area (TPSA) is 70.2 Å². The maximum atomic E-state index is 14.4. The zero-order valence-corrected chi connectivity index (χ0v) is 29.1. The van der Waals surface area contributed by atoms with Gasteiger partial charge in [-0.05, 0) is 145 Å². The molecule has 3 fully saturated rings. The number of hydrogen-bond acceptors (Lipinski definition) is 5. The second kappa shape index (κ2) is 15.6. The highest BCUT2D eigenvalue weighted by Gasteiger charge is 2.40. The van der Waals surface area contributed by atoms with E-state index in [1.807, 2.05) is 24.8 Å². The van der Waals surface area contributed by atoms with E-state index in [9.17, 15) is 17.6 Å². The highest BCUT2D eigenvalue weighted by Crippen LogP contribution is 2.42. The number of carbonyl (C=O) groups is 1. The first-order chi connectivity index (χ1) is 22.2. The summed E-state index contributed by atoms with van der Waals surface area (Å²) >= 11 is 0. The van der Waals surface area contributed by atoms with Gasteiger partial charge in [-0.25, -0.2) is 12.8 Å². The van der Waals surface area contributed by atoms with Crippen molar-refractivity contribution in [2.45, 2.75) is 120 Å². The van der Waals surface area contributed by atoms with E-state index in [0.29, 0.717) is 47.6 Å². The number of halogens is 1. The van der Waals surface area contributed by atoms with Gasteiger partial charge in [0.05, 0.1) is 12.0 Å². The molecule has 1 unspecified atom stereocenters. The Morgan fingerprint density at radius 2 is 1.52 bits per heavy atom. The van der Waals surface area contributed by atoms with E-state index in [1.54, 1.807) is 35.7 Å². The van der Waals surface area contributed by atoms with Crippen LogP contribution in [0.15, 0.2) is 41.3 Å². The maximum Gasteiger partial charge on any atom is 0.243 e. The van der Waals surface area contributed by atoms with Crippen molar-refractivity contribution in [2.24, 2.45) is 0 Å². The molecule has 1 atom stereocenters. The number of hydrogen-bond donors (Lipinski definition) is 0. The van der Waals surface area contributed by atoms with Gasteiger partial charge >= 0.3 is 0 Å². The lowest BCUT2D eigenvalue weighted by Gasteiger charge is -2.44. The van der Waals surface area contributed by atoms with Crippen molar-refractivity contribution >= 4 is 15.9 Å². The molecule has 2 aromatic rings. The molecular formula is C37H54FN3O4S. The molecule has 3 heterocycles. The molecule has 7 nitrogen and oxygen atoms in total. The van der Waals surface area contributed by atoms with Gasteiger partial charge in [0.25, 0.3) is 0 Å². The number of nitrogens with zero attached hydrogens (tertiary/aromatic N) is 3. The van der Waals surface area contributed by atoms with Crippen LogP contribution in [0.1, 0.15) is 107 Å². The lowest BCUT2D eigenvalue weighted by atomic mass is 9.78. The normalized spacial score (nSPS) is 22.1. The fraction of sp³-hybridized carbons (Fsp3) is 0.649. The summed E-state index contributed by atoms with van der Waals surface area (Å²) in [4.78, 5) is 18.5. The largest absolute Gasteiger partial charge is 0.497 e. The Balaban J connectivity index is 1.18. The summed E-state index contributed by atoms with van der Waals surface area (Å²) < 4.78 is 49.3. The summed E-state index contributed by atoms with van der Waals surface area (Å²) in [7, 11) is -2.07. The number of aryl methyl sites for hydroxylation is 2. The number of sulfonamides is 1. The van der Waals surface area contributed by atoms with Crippen LogP contribution in [-0.4, -0.2) is 74.3 Å². The van der Waals surface area contributed by atoms with Gasteiger partial charge < -0.3 is 9.64 Å². The zero-order valence-electron chi connectivity index (χ0n) is 28.2. The van der Waals surface area contributed by atoms with Crippen LogP contribution in [0.4, 0.5) is 4.39 Å². The van der Waals surface area contributed by atoms with Crippen LogP contribution in [0.2, 0.25) is 0 Å². The van der Waals surface area contributed by atoms with E-state index in [2.05, 4.69) is 11.0 Å². The van der Waals surface area contributed by atoms with Crippen LogP contribution >= 0.6 is 0 Å². The maximum absolute atomic E-state index is 14.4. The minimum Gasteiger partial charge on any atom is -0.497 e. The van der Waals surface area contributed by atoms with Crippen LogP contribution in [0, 0.1) is 19.7 Å². The number of rotatable bonds is 9. The van der Waals surface area contributed by atoms with Crippen molar-refractivity contribution in [1.82, 2.24) is 14.1 Å². The molecule has 0 N–H and O–H groups in total. The second-order valence-electron chi connectivity index (χ2n) is 13.8. The van der Waals surface area contributed by atoms with E-state index in [-0.39, 0.29) is 23.3 Å². The van der Waals surface area contributed by atoms with Gasteiger partial charge in [-0.1, -0.05) is 18.6 Å². The van der Waals surface area contributed by atoms with E-state index in [0.717, 1.165) is 89.5 Å². The minimum atomic E-state index is -3.67. The van der Waals surface area contributed by atoms with Crippen LogP contribution in [-0.2, 0) is 20.4 Å². The third kappa shape index (κ3) is 7.79. The molecular weight excluding hydrogens is 601 g/mol. The van der Waals surface area contributed by atoms with Gasteiger partial charge in [-0.2, -0.15) is 4.31 Å². The third-order valence-electron chi connectivity index (χ3n) is 10.7. The van der Waals surface area contributed by atoms with E-state index in [1.165, 1.54) is 12.8 Å². The lowest BCUT2D eigenvalue weighted by molar-refractivity contribution is -0.131. The number of carbonyl (C=O) groups excluding carboxylic acids is 1. The van der Waals surface area contributed by atoms with Crippen molar-refractivity contribution in [2.75, 3.05) is 39.8 Å². The molecule has 0 bridgehead atoms. The molecule has 3 aliphatic rings. The Kier molecular flexibility index (Phi) is 11.8. The number of piperidine rings is 1. The van der Waals surface area contributed by atoms with Crippen LogP contribution in [0.5, 0.6) is 5.75 Å². The first-order valence-electron chi connectivity index (χ1n) is 17.6. The Hall–Kier alpha value is -2.49. The molecule has 46 heavy (non-hydrogen) atoms. The molecule has 3 aliphatic heterocycles. The number of methoxy groups -OCH3 is 1. The SMILES string of the molecule is COc1cc(C)c(S(=O)(=O)N2CCCCC2CCCC(=O)N2CCCCC(c3cccc(F)c3)(N3CCCC3)CCCC2)c(C)c1. The minimum absolute atomic E-state index is 0.0898. The van der Waals surface area contributed by atoms with Crippen molar-refractivity contribution in [1.29, 1.82) is 0 Å². The van der Waals surface area contributed by atoms with E-state index in [4.69, 9.17) is 4.74 Å². The first kappa shape index (κ1) is 34.8. The molecule has 3 saturated heterocycles. The highest BCUT2D eigenvalue weighted by atomic mass is 32.2. The average Bonchev–Trinajstić information content (AvgIpc) is 3.59. The summed E-state index contributed by atoms with van der Waals surface area (Å²) in [5, 5.41) is 0. The monoisotopic (exact) mass is 655 g/mol. The average molecular weight is 656 g/mol. The van der Waals surface area contributed by atoms with Gasteiger partial charge in [0.15, 0.2) is 0 Å². The first-order valence-corrected chi connectivity index (χ1v) is 19.1. The van der Waals surface area contributed by atoms with Crippen LogP contribution in [0.3, 0.4) is 0 Å². The molecule has 5 rings (SSSR count). The molecule has 0 saturated carbocycles. The second-order valence-corrected chi connectivity index (χ2v) is 15.6. The lowest BCUT2D eigenvalue weighted by Crippen LogP contribution is -2.45. The zero-order chi connectivity index (χ0) is 32.7. The standard InChI is InChI=1S/C37H54FN3O4S/c1-29-26-34(45-3)27-30(2)36(29)46(43,44)41-25-7-4-16-33(41)17-13-18-35(42)39-21-8-5-19-37(20-6-9-22-39,40-23-10-11-24-40)31-14-12-15-32(38)28-31/h12,14-15,26-28,33H,4-11,13,16-25H2,1-3H3. The highest BCUT2D eigenvalue weighted by molar-refractivity contribution is 7.89. The third-order valence-corrected chi connectivity index (χ3v) is 13.0. The Bertz CT molecular complexity index is 1410. The Morgan fingerprint density at radius 3 is 2.15 bits per heavy atom. The molecule has 0 spiro atoms. The van der Waals surface area contributed by atoms with Gasteiger partial charge in [0, 0.05) is 37.6 Å². The molecule has 9 heteroatoms. The number of amides is 1. The molecule has 1 amide bonds. The predicted octanol–water partition coefficient (Wildman–Crippen LogP) is 7.34. The fourth-order valence-corrected chi connectivity index (χ4v) is 10.6.